The summed E-state index contributed by atoms with van der Waals surface area (Å²) in [5.74, 6) is -0.405. The van der Waals surface area contributed by atoms with E-state index in [9.17, 15) is 24.6 Å². The molecule has 0 bridgehead atoms. The number of fused-ring (bicyclic) bond motifs is 3. The lowest BCUT2D eigenvalue weighted by Gasteiger charge is -2.37. The van der Waals surface area contributed by atoms with Crippen molar-refractivity contribution in [2.24, 2.45) is 0 Å². The van der Waals surface area contributed by atoms with E-state index in [0.717, 1.165) is 33.8 Å². The number of rotatable bonds is 8. The third kappa shape index (κ3) is 5.62. The quantitative estimate of drug-likeness (QED) is 0.441. The van der Waals surface area contributed by atoms with Gasteiger partial charge in [-0.05, 0) is 53.5 Å². The van der Waals surface area contributed by atoms with Crippen LogP contribution in [0, 0.1) is 0 Å². The summed E-state index contributed by atoms with van der Waals surface area (Å²) in [6, 6.07) is 14.8. The van der Waals surface area contributed by atoms with Gasteiger partial charge in [-0.25, -0.2) is 9.59 Å². The molecule has 1 fully saturated rings. The zero-order valence-corrected chi connectivity index (χ0v) is 20.3. The van der Waals surface area contributed by atoms with E-state index in [0.29, 0.717) is 12.8 Å². The van der Waals surface area contributed by atoms with Crippen molar-refractivity contribution in [2.75, 3.05) is 18.1 Å². The number of benzene rings is 2. The minimum atomic E-state index is -1.41. The third-order valence-electron chi connectivity index (χ3n) is 6.72. The minimum absolute atomic E-state index is 0.0725. The number of thioether (sulfide) groups is 1. The number of nitrogens with one attached hydrogen (secondary N) is 2. The van der Waals surface area contributed by atoms with Gasteiger partial charge in [0, 0.05) is 12.3 Å². The molecule has 35 heavy (non-hydrogen) atoms. The predicted molar refractivity (Wildman–Crippen MR) is 133 cm³/mol. The fourth-order valence-electron chi connectivity index (χ4n) is 4.88. The summed E-state index contributed by atoms with van der Waals surface area (Å²) in [7, 11) is 0. The molecular formula is C26H30N2O6S. The smallest absolute Gasteiger partial charge is 0.407 e. The molecule has 2 atom stereocenters. The van der Waals surface area contributed by atoms with Gasteiger partial charge in [-0.15, -0.1) is 0 Å². The van der Waals surface area contributed by atoms with Crippen LogP contribution in [0.4, 0.5) is 4.79 Å². The van der Waals surface area contributed by atoms with E-state index in [1.54, 1.807) is 11.8 Å². The first-order valence-electron chi connectivity index (χ1n) is 11.7. The number of ether oxygens (including phenoxy) is 1. The second-order valence-corrected chi connectivity index (χ2v) is 10.4. The van der Waals surface area contributed by atoms with Crippen LogP contribution in [0.25, 0.3) is 11.1 Å². The summed E-state index contributed by atoms with van der Waals surface area (Å²) >= 11 is 1.74. The number of carboxylic acid groups (broad SMARTS) is 1. The van der Waals surface area contributed by atoms with Gasteiger partial charge in [0.25, 0.3) is 0 Å². The molecule has 0 saturated carbocycles. The summed E-state index contributed by atoms with van der Waals surface area (Å²) in [6.45, 7) is 1.47. The average molecular weight is 499 g/mol. The number of aliphatic hydroxyl groups excluding tert-OH is 1. The molecular weight excluding hydrogens is 468 g/mol. The largest absolute Gasteiger partial charge is 0.480 e. The van der Waals surface area contributed by atoms with E-state index in [4.69, 9.17) is 4.74 Å². The number of hydrogen-bond donors (Lipinski definition) is 4. The van der Waals surface area contributed by atoms with Crippen LogP contribution in [-0.2, 0) is 14.3 Å². The molecule has 1 aliphatic carbocycles. The highest BCUT2D eigenvalue weighted by Gasteiger charge is 2.38. The highest BCUT2D eigenvalue weighted by atomic mass is 32.2. The zero-order chi connectivity index (χ0) is 25.0. The Labute approximate surface area is 208 Å². The molecule has 2 aromatic rings. The summed E-state index contributed by atoms with van der Waals surface area (Å²) in [6.07, 6.45) is -0.821. The monoisotopic (exact) mass is 498 g/mol. The van der Waals surface area contributed by atoms with Crippen molar-refractivity contribution in [3.05, 3.63) is 59.7 Å². The van der Waals surface area contributed by atoms with Crippen LogP contribution in [0.15, 0.2) is 48.5 Å². The third-order valence-corrected chi connectivity index (χ3v) is 7.71. The van der Waals surface area contributed by atoms with Crippen molar-refractivity contribution in [1.82, 2.24) is 10.6 Å². The number of amides is 2. The molecule has 2 amide bonds. The standard InChI is InChI=1S/C26H30N2O6S/c1-16(29)23(24(31)32)27-22(30)14-26(10-12-35-13-11-26)28-25(33)34-15-21-19-8-4-2-6-17(19)18-7-3-5-9-20(18)21/h2-9,16,21,23,29H,10-15H2,1H3,(H,27,30)(H,28,33)(H,31,32)/t16-,23+/m1/s1. The Morgan fingerprint density at radius 1 is 1.06 bits per heavy atom. The summed E-state index contributed by atoms with van der Waals surface area (Å²) in [4.78, 5) is 36.9. The lowest BCUT2D eigenvalue weighted by atomic mass is 9.88. The van der Waals surface area contributed by atoms with Crippen LogP contribution in [0.1, 0.15) is 43.2 Å². The number of alkyl carbamates (subject to hydrolysis) is 1. The van der Waals surface area contributed by atoms with Gasteiger partial charge in [-0.3, -0.25) is 4.79 Å². The minimum Gasteiger partial charge on any atom is -0.480 e. The Balaban J connectivity index is 1.42. The molecule has 2 aliphatic rings. The van der Waals surface area contributed by atoms with E-state index in [2.05, 4.69) is 22.8 Å². The maximum atomic E-state index is 12.9. The lowest BCUT2D eigenvalue weighted by Crippen LogP contribution is -2.56. The van der Waals surface area contributed by atoms with Crippen molar-refractivity contribution in [2.45, 2.75) is 49.8 Å². The van der Waals surface area contributed by atoms with Crippen molar-refractivity contribution in [1.29, 1.82) is 0 Å². The molecule has 1 heterocycles. The lowest BCUT2D eigenvalue weighted by molar-refractivity contribution is -0.145. The first kappa shape index (κ1) is 25.1. The van der Waals surface area contributed by atoms with Gasteiger partial charge in [0.05, 0.1) is 11.6 Å². The summed E-state index contributed by atoms with van der Waals surface area (Å²) < 4.78 is 5.68. The summed E-state index contributed by atoms with van der Waals surface area (Å²) in [5, 5.41) is 24.2. The number of aliphatic carboxylic acids is 1. The number of carbonyl (C=O) groups excluding carboxylic acids is 2. The van der Waals surface area contributed by atoms with Gasteiger partial charge >= 0.3 is 12.1 Å². The maximum absolute atomic E-state index is 12.9. The topological polar surface area (TPSA) is 125 Å². The van der Waals surface area contributed by atoms with Crippen LogP contribution in [-0.4, -0.2) is 64.0 Å². The molecule has 4 rings (SSSR count). The van der Waals surface area contributed by atoms with Crippen molar-refractivity contribution in [3.63, 3.8) is 0 Å². The van der Waals surface area contributed by atoms with Crippen LogP contribution < -0.4 is 10.6 Å². The van der Waals surface area contributed by atoms with Crippen LogP contribution in [0.3, 0.4) is 0 Å². The van der Waals surface area contributed by atoms with Crippen molar-refractivity contribution >= 4 is 29.7 Å². The predicted octanol–water partition coefficient (Wildman–Crippen LogP) is 3.13. The first-order chi connectivity index (χ1) is 16.8. The van der Waals surface area contributed by atoms with E-state index in [-0.39, 0.29) is 18.9 Å². The van der Waals surface area contributed by atoms with Gasteiger partial charge in [0.2, 0.25) is 5.91 Å². The SMILES string of the molecule is C[C@@H](O)[C@H](NC(=O)CC1(NC(=O)OCC2c3ccccc3-c3ccccc32)CCSCC1)C(=O)O. The normalized spacial score (nSPS) is 18.0. The number of carboxylic acids is 1. The van der Waals surface area contributed by atoms with Crippen LogP contribution >= 0.6 is 11.8 Å². The highest BCUT2D eigenvalue weighted by molar-refractivity contribution is 7.99. The van der Waals surface area contributed by atoms with E-state index in [1.165, 1.54) is 6.92 Å². The van der Waals surface area contributed by atoms with E-state index < -0.39 is 35.7 Å². The van der Waals surface area contributed by atoms with Gasteiger partial charge in [0.15, 0.2) is 6.04 Å². The second-order valence-electron chi connectivity index (χ2n) is 9.14. The fourth-order valence-corrected chi connectivity index (χ4v) is 6.15. The van der Waals surface area contributed by atoms with Crippen molar-refractivity contribution in [3.8, 4) is 11.1 Å². The molecule has 0 unspecified atom stereocenters. The zero-order valence-electron chi connectivity index (χ0n) is 19.5. The van der Waals surface area contributed by atoms with Crippen LogP contribution in [0.5, 0.6) is 0 Å². The second kappa shape index (κ2) is 10.7. The number of hydrogen-bond acceptors (Lipinski definition) is 6. The average Bonchev–Trinajstić information content (AvgIpc) is 3.15. The fraction of sp³-hybridized carbons (Fsp3) is 0.423. The van der Waals surface area contributed by atoms with E-state index in [1.807, 2.05) is 36.4 Å². The Hall–Kier alpha value is -3.04. The van der Waals surface area contributed by atoms with Gasteiger partial charge in [-0.2, -0.15) is 11.8 Å². The molecule has 0 spiro atoms. The molecule has 0 radical (unpaired) electrons. The Morgan fingerprint density at radius 3 is 2.17 bits per heavy atom. The highest BCUT2D eigenvalue weighted by Crippen LogP contribution is 2.44. The Bertz CT molecular complexity index is 1050. The van der Waals surface area contributed by atoms with E-state index >= 15 is 0 Å². The van der Waals surface area contributed by atoms with Crippen LogP contribution in [0.2, 0.25) is 0 Å². The number of aliphatic hydroxyl groups is 1. The molecule has 0 aromatic heterocycles. The van der Waals surface area contributed by atoms with Gasteiger partial charge in [-0.1, -0.05) is 48.5 Å². The first-order valence-corrected chi connectivity index (χ1v) is 12.9. The Morgan fingerprint density at radius 2 is 1.63 bits per heavy atom. The molecule has 9 heteroatoms. The molecule has 2 aromatic carbocycles. The van der Waals surface area contributed by atoms with Gasteiger partial charge in [0.1, 0.15) is 6.61 Å². The molecule has 1 saturated heterocycles. The Kier molecular flexibility index (Phi) is 7.66. The molecule has 8 nitrogen and oxygen atoms in total. The molecule has 4 N–H and O–H groups in total. The van der Waals surface area contributed by atoms with Crippen molar-refractivity contribution < 1.29 is 29.3 Å². The van der Waals surface area contributed by atoms with Gasteiger partial charge < -0.3 is 25.6 Å². The molecule has 186 valence electrons. The maximum Gasteiger partial charge on any atom is 0.407 e. The molecule has 1 aliphatic heterocycles. The number of carbonyl (C=O) groups is 3. The summed E-state index contributed by atoms with van der Waals surface area (Å²) in [5.41, 5.74) is 3.67.